The Kier molecular flexibility index (Phi) is 14.1. The fourth-order valence-electron chi connectivity index (χ4n) is 2.87. The summed E-state index contributed by atoms with van der Waals surface area (Å²) in [4.78, 5) is 36.8. The molecule has 2 aromatic rings. The maximum Gasteiger partial charge on any atom is 0.410 e. The minimum absolute atomic E-state index is 0. The van der Waals surface area contributed by atoms with Crippen LogP contribution < -0.4 is 5.32 Å². The first-order valence-corrected chi connectivity index (χ1v) is 11.4. The highest BCUT2D eigenvalue weighted by Crippen LogP contribution is 2.13. The summed E-state index contributed by atoms with van der Waals surface area (Å²) in [5.74, 6) is -0.784. The van der Waals surface area contributed by atoms with E-state index in [-0.39, 0.29) is 54.5 Å². The fraction of sp³-hybridized carbons (Fsp3) is 0.444. The molecule has 9 heteroatoms. The second-order valence-electron chi connectivity index (χ2n) is 9.32. The summed E-state index contributed by atoms with van der Waals surface area (Å²) in [6.07, 6.45) is -0.200. The van der Waals surface area contributed by atoms with Crippen LogP contribution in [0.5, 0.6) is 0 Å². The molecule has 0 fully saturated rings. The molecule has 6 nitrogen and oxygen atoms in total. The number of likely N-dealkylation sites (N-methyl/N-ethyl adjacent to an activating group) is 2. The zero-order chi connectivity index (χ0) is 26.8. The Balaban J connectivity index is 0.000000713. The number of nitrogens with zero attached hydrogens (tertiary/aromatic N) is 1. The third kappa shape index (κ3) is 12.2. The second kappa shape index (κ2) is 15.3. The van der Waals surface area contributed by atoms with Crippen molar-refractivity contribution < 1.29 is 27.9 Å². The molecule has 2 aromatic carbocycles. The Hall–Kier alpha value is -2.84. The topological polar surface area (TPSA) is 75.7 Å². The number of hydrogen-bond acceptors (Lipinski definition) is 5. The first-order valence-electron chi connectivity index (χ1n) is 11.4. The molecule has 1 N–H and O–H groups in total. The van der Waals surface area contributed by atoms with Crippen LogP contribution in [0.2, 0.25) is 0 Å². The minimum atomic E-state index is -0.636. The highest BCUT2D eigenvalue weighted by Gasteiger charge is 2.26. The van der Waals surface area contributed by atoms with E-state index in [1.54, 1.807) is 65.9 Å². The predicted octanol–water partition coefficient (Wildman–Crippen LogP) is 5.16. The van der Waals surface area contributed by atoms with Gasteiger partial charge >= 0.3 is 6.09 Å². The highest BCUT2D eigenvalue weighted by atomic mass is 35.5. The van der Waals surface area contributed by atoms with Gasteiger partial charge in [0.25, 0.3) is 0 Å². The molecular formula is C27H37ClF2N2O4. The van der Waals surface area contributed by atoms with Crippen LogP contribution in [0.25, 0.3) is 0 Å². The first kappa shape index (κ1) is 33.2. The number of ketones is 2. The van der Waals surface area contributed by atoms with E-state index in [0.717, 1.165) is 5.56 Å². The van der Waals surface area contributed by atoms with Crippen LogP contribution in [0, 0.1) is 11.6 Å². The average molecular weight is 527 g/mol. The maximum absolute atomic E-state index is 13.1. The van der Waals surface area contributed by atoms with Gasteiger partial charge in [-0.15, -0.1) is 12.4 Å². The van der Waals surface area contributed by atoms with Gasteiger partial charge in [0.1, 0.15) is 17.2 Å². The van der Waals surface area contributed by atoms with Crippen LogP contribution in [-0.4, -0.2) is 54.3 Å². The molecule has 0 spiro atoms. The number of benzene rings is 2. The highest BCUT2D eigenvalue weighted by molar-refractivity contribution is 5.88. The summed E-state index contributed by atoms with van der Waals surface area (Å²) in [7, 11) is 3.25. The smallest absolute Gasteiger partial charge is 0.410 e. The van der Waals surface area contributed by atoms with Gasteiger partial charge in [-0.1, -0.05) is 24.3 Å². The molecule has 2 atom stereocenters. The van der Waals surface area contributed by atoms with Crippen LogP contribution >= 0.6 is 12.4 Å². The van der Waals surface area contributed by atoms with Crippen LogP contribution in [0.3, 0.4) is 0 Å². The number of Topliss-reactive ketones (excluding diaryl/α,β-unsaturated/α-hetero) is 2. The molecule has 0 saturated carbocycles. The van der Waals surface area contributed by atoms with Gasteiger partial charge in [-0.3, -0.25) is 9.59 Å². The molecular weight excluding hydrogens is 490 g/mol. The Bertz CT molecular complexity index is 1010. The molecule has 0 radical (unpaired) electrons. The van der Waals surface area contributed by atoms with E-state index in [0.29, 0.717) is 5.56 Å². The van der Waals surface area contributed by atoms with E-state index in [4.69, 9.17) is 4.74 Å². The van der Waals surface area contributed by atoms with E-state index in [9.17, 15) is 23.2 Å². The monoisotopic (exact) mass is 526 g/mol. The van der Waals surface area contributed by atoms with Crippen molar-refractivity contribution in [3.8, 4) is 0 Å². The van der Waals surface area contributed by atoms with Crippen LogP contribution in [0.15, 0.2) is 48.5 Å². The van der Waals surface area contributed by atoms with Gasteiger partial charge in [-0.2, -0.15) is 0 Å². The van der Waals surface area contributed by atoms with Crippen LogP contribution in [-0.2, 0) is 27.2 Å². The molecule has 2 rings (SSSR count). The third-order valence-electron chi connectivity index (χ3n) is 5.18. The summed E-state index contributed by atoms with van der Waals surface area (Å²) < 4.78 is 31.1. The fourth-order valence-corrected chi connectivity index (χ4v) is 2.87. The number of amides is 1. The lowest BCUT2D eigenvalue weighted by molar-refractivity contribution is -0.122. The van der Waals surface area contributed by atoms with E-state index < -0.39 is 17.7 Å². The number of rotatable bonds is 8. The van der Waals surface area contributed by atoms with E-state index in [1.165, 1.54) is 36.2 Å². The first-order chi connectivity index (χ1) is 16.2. The largest absolute Gasteiger partial charge is 0.444 e. The minimum Gasteiger partial charge on any atom is -0.444 e. The van der Waals surface area contributed by atoms with E-state index in [2.05, 4.69) is 5.32 Å². The molecule has 0 aliphatic rings. The van der Waals surface area contributed by atoms with Gasteiger partial charge in [0.15, 0.2) is 11.6 Å². The van der Waals surface area contributed by atoms with Gasteiger partial charge in [0.2, 0.25) is 0 Å². The van der Waals surface area contributed by atoms with Crippen molar-refractivity contribution in [2.75, 3.05) is 14.1 Å². The van der Waals surface area contributed by atoms with E-state index >= 15 is 0 Å². The Morgan fingerprint density at radius 1 is 0.917 bits per heavy atom. The van der Waals surface area contributed by atoms with Crippen molar-refractivity contribution in [2.24, 2.45) is 0 Å². The molecule has 0 aliphatic heterocycles. The third-order valence-corrected chi connectivity index (χ3v) is 5.18. The number of hydrogen-bond donors (Lipinski definition) is 1. The molecule has 0 aromatic heterocycles. The quantitative estimate of drug-likeness (QED) is 0.514. The van der Waals surface area contributed by atoms with Crippen LogP contribution in [0.1, 0.15) is 45.7 Å². The average Bonchev–Trinajstić information content (AvgIpc) is 2.76. The van der Waals surface area contributed by atoms with Gasteiger partial charge < -0.3 is 15.0 Å². The SMILES string of the molecule is CN[C@H](C)C(=O)Cc1cccc(F)c1.C[C@H](C(=O)Cc1cccc(F)c1)N(C)C(=O)OC(C)(C)C.Cl. The van der Waals surface area contributed by atoms with Gasteiger partial charge in [-0.25, -0.2) is 13.6 Å². The summed E-state index contributed by atoms with van der Waals surface area (Å²) >= 11 is 0. The maximum atomic E-state index is 13.1. The summed E-state index contributed by atoms with van der Waals surface area (Å²) in [6, 6.07) is 11.2. The number of carbonyl (C=O) groups is 3. The van der Waals surface area contributed by atoms with Gasteiger partial charge in [0, 0.05) is 19.9 Å². The lowest BCUT2D eigenvalue weighted by Crippen LogP contribution is -2.43. The normalized spacial score (nSPS) is 12.2. The van der Waals surface area contributed by atoms with E-state index in [1.807, 2.05) is 0 Å². The van der Waals surface area contributed by atoms with Crippen molar-refractivity contribution >= 4 is 30.1 Å². The Morgan fingerprint density at radius 2 is 1.36 bits per heavy atom. The van der Waals surface area contributed by atoms with Crippen LogP contribution in [0.4, 0.5) is 13.6 Å². The molecule has 0 heterocycles. The molecule has 200 valence electrons. The molecule has 1 amide bonds. The lowest BCUT2D eigenvalue weighted by atomic mass is 10.0. The number of halogens is 3. The Labute approximate surface area is 218 Å². The molecule has 0 bridgehead atoms. The zero-order valence-electron chi connectivity index (χ0n) is 21.9. The summed E-state index contributed by atoms with van der Waals surface area (Å²) in [6.45, 7) is 8.71. The predicted molar refractivity (Wildman–Crippen MR) is 139 cm³/mol. The molecule has 0 saturated heterocycles. The van der Waals surface area contributed by atoms with Crippen molar-refractivity contribution in [1.82, 2.24) is 10.2 Å². The Morgan fingerprint density at radius 3 is 1.75 bits per heavy atom. The number of carbonyl (C=O) groups excluding carboxylic acids is 3. The lowest BCUT2D eigenvalue weighted by Gasteiger charge is -2.28. The van der Waals surface area contributed by atoms with Crippen molar-refractivity contribution in [3.63, 3.8) is 0 Å². The summed E-state index contributed by atoms with van der Waals surface area (Å²) in [5.41, 5.74) is 0.693. The van der Waals surface area contributed by atoms with Gasteiger partial charge in [0.05, 0.1) is 12.1 Å². The van der Waals surface area contributed by atoms with Gasteiger partial charge in [-0.05, 0) is 77.1 Å². The van der Waals surface area contributed by atoms with Crippen molar-refractivity contribution in [2.45, 2.75) is 65.1 Å². The molecule has 36 heavy (non-hydrogen) atoms. The zero-order valence-corrected chi connectivity index (χ0v) is 22.7. The second-order valence-corrected chi connectivity index (χ2v) is 9.32. The number of ether oxygens (including phenoxy) is 1. The van der Waals surface area contributed by atoms with Crippen molar-refractivity contribution in [3.05, 3.63) is 71.3 Å². The standard InChI is InChI=1S/C16H22FNO3.C11H14FNO.ClH/c1-11(18(5)15(20)21-16(2,3)4)14(19)10-12-7-6-8-13(17)9-12;1-8(13-2)11(14)7-9-4-3-5-10(12)6-9;/h6-9,11H,10H2,1-5H3;3-6,8,13H,7H2,1-2H3;1H/t11-;8-;/m11./s1. The van der Waals surface area contributed by atoms with Crippen molar-refractivity contribution in [1.29, 1.82) is 0 Å². The number of nitrogens with one attached hydrogen (secondary N) is 1. The summed E-state index contributed by atoms with van der Waals surface area (Å²) in [5, 5.41) is 2.86. The molecule has 0 aliphatic carbocycles. The molecule has 0 unspecified atom stereocenters.